The Kier molecular flexibility index (Phi) is 5.68. The first-order chi connectivity index (χ1) is 12.1. The fraction of sp³-hybridized carbons (Fsp3) is 0.526. The molecule has 1 fully saturated rings. The van der Waals surface area contributed by atoms with Crippen LogP contribution < -0.4 is 4.80 Å². The molecule has 0 aliphatic heterocycles. The maximum absolute atomic E-state index is 12.6. The molecule has 0 radical (unpaired) electrons. The molecule has 1 aliphatic carbocycles. The van der Waals surface area contributed by atoms with Crippen LogP contribution in [0.4, 0.5) is 0 Å². The second kappa shape index (κ2) is 7.95. The number of benzene rings is 1. The second-order valence-electron chi connectivity index (χ2n) is 6.48. The van der Waals surface area contributed by atoms with E-state index in [2.05, 4.69) is 4.99 Å². The van der Waals surface area contributed by atoms with Gasteiger partial charge in [-0.3, -0.25) is 9.59 Å². The van der Waals surface area contributed by atoms with Crippen LogP contribution in [0.2, 0.25) is 0 Å². The Morgan fingerprint density at radius 1 is 1.28 bits per heavy atom. The van der Waals surface area contributed by atoms with Crippen LogP contribution in [0.3, 0.4) is 0 Å². The van der Waals surface area contributed by atoms with E-state index in [4.69, 9.17) is 4.74 Å². The molecule has 1 saturated carbocycles. The average molecular weight is 360 g/mol. The molecule has 1 aromatic heterocycles. The summed E-state index contributed by atoms with van der Waals surface area (Å²) in [7, 11) is 0. The Morgan fingerprint density at radius 3 is 2.76 bits per heavy atom. The SMILES string of the molecule is CCOC(=O)Cn1c(=NC(=O)C2CCCCC2)sc2cccc(C)c21. The van der Waals surface area contributed by atoms with E-state index in [1.165, 1.54) is 17.8 Å². The van der Waals surface area contributed by atoms with Crippen molar-refractivity contribution < 1.29 is 14.3 Å². The van der Waals surface area contributed by atoms with E-state index in [-0.39, 0.29) is 24.3 Å². The smallest absolute Gasteiger partial charge is 0.326 e. The predicted octanol–water partition coefficient (Wildman–Crippen LogP) is 3.58. The molecule has 3 rings (SSSR count). The number of hydrogen-bond acceptors (Lipinski definition) is 4. The van der Waals surface area contributed by atoms with Crippen LogP contribution in [-0.4, -0.2) is 23.1 Å². The number of fused-ring (bicyclic) bond motifs is 1. The van der Waals surface area contributed by atoms with Gasteiger partial charge < -0.3 is 9.30 Å². The number of nitrogens with zero attached hydrogens (tertiary/aromatic N) is 2. The van der Waals surface area contributed by atoms with Gasteiger partial charge in [0.1, 0.15) is 6.54 Å². The van der Waals surface area contributed by atoms with Gasteiger partial charge in [0.05, 0.1) is 16.8 Å². The van der Waals surface area contributed by atoms with Gasteiger partial charge in [0.2, 0.25) is 0 Å². The number of esters is 1. The Morgan fingerprint density at radius 2 is 2.04 bits per heavy atom. The summed E-state index contributed by atoms with van der Waals surface area (Å²) in [4.78, 5) is 29.6. The van der Waals surface area contributed by atoms with Crippen molar-refractivity contribution in [1.29, 1.82) is 0 Å². The van der Waals surface area contributed by atoms with Crippen LogP contribution in [0, 0.1) is 12.8 Å². The number of aromatic nitrogens is 1. The largest absolute Gasteiger partial charge is 0.465 e. The van der Waals surface area contributed by atoms with Crippen molar-refractivity contribution in [1.82, 2.24) is 4.57 Å². The third-order valence-electron chi connectivity index (χ3n) is 4.66. The van der Waals surface area contributed by atoms with Crippen LogP contribution >= 0.6 is 11.3 Å². The van der Waals surface area contributed by atoms with E-state index in [9.17, 15) is 9.59 Å². The molecule has 134 valence electrons. The molecule has 1 aromatic carbocycles. The van der Waals surface area contributed by atoms with Gasteiger partial charge in [-0.25, -0.2) is 0 Å². The van der Waals surface area contributed by atoms with Crippen LogP contribution in [0.25, 0.3) is 10.2 Å². The van der Waals surface area contributed by atoms with Crippen molar-refractivity contribution in [3.8, 4) is 0 Å². The monoisotopic (exact) mass is 360 g/mol. The lowest BCUT2D eigenvalue weighted by molar-refractivity contribution is -0.143. The van der Waals surface area contributed by atoms with E-state index < -0.39 is 0 Å². The van der Waals surface area contributed by atoms with E-state index in [1.807, 2.05) is 29.7 Å². The summed E-state index contributed by atoms with van der Waals surface area (Å²) < 4.78 is 7.95. The van der Waals surface area contributed by atoms with E-state index >= 15 is 0 Å². The first-order valence-electron chi connectivity index (χ1n) is 8.93. The maximum Gasteiger partial charge on any atom is 0.326 e. The summed E-state index contributed by atoms with van der Waals surface area (Å²) in [6, 6.07) is 5.98. The second-order valence-corrected chi connectivity index (χ2v) is 7.49. The number of thiazole rings is 1. The molecule has 2 aromatic rings. The van der Waals surface area contributed by atoms with Crippen LogP contribution in [-0.2, 0) is 20.9 Å². The van der Waals surface area contributed by atoms with Gasteiger partial charge in [-0.15, -0.1) is 0 Å². The highest BCUT2D eigenvalue weighted by atomic mass is 32.1. The van der Waals surface area contributed by atoms with Gasteiger partial charge >= 0.3 is 5.97 Å². The van der Waals surface area contributed by atoms with Crippen molar-refractivity contribution >= 4 is 33.4 Å². The zero-order valence-electron chi connectivity index (χ0n) is 14.8. The van der Waals surface area contributed by atoms with Gasteiger partial charge in [0.15, 0.2) is 4.80 Å². The van der Waals surface area contributed by atoms with Crippen LogP contribution in [0.5, 0.6) is 0 Å². The lowest BCUT2D eigenvalue weighted by Crippen LogP contribution is -2.25. The molecule has 0 unspecified atom stereocenters. The Hall–Kier alpha value is -1.95. The molecule has 6 heteroatoms. The molecule has 1 aliphatic rings. The maximum atomic E-state index is 12.6. The zero-order chi connectivity index (χ0) is 17.8. The Bertz CT molecular complexity index is 844. The van der Waals surface area contributed by atoms with E-state index in [0.29, 0.717) is 11.4 Å². The number of amides is 1. The highest BCUT2D eigenvalue weighted by Gasteiger charge is 2.21. The molecule has 0 spiro atoms. The Labute approximate surface area is 151 Å². The topological polar surface area (TPSA) is 60.7 Å². The molecule has 1 amide bonds. The Balaban J connectivity index is 2.03. The van der Waals surface area contributed by atoms with Crippen molar-refractivity contribution in [3.63, 3.8) is 0 Å². The van der Waals surface area contributed by atoms with Crippen molar-refractivity contribution in [3.05, 3.63) is 28.6 Å². The first-order valence-corrected chi connectivity index (χ1v) is 9.75. The van der Waals surface area contributed by atoms with Crippen molar-refractivity contribution in [2.45, 2.75) is 52.5 Å². The number of hydrogen-bond donors (Lipinski definition) is 0. The predicted molar refractivity (Wildman–Crippen MR) is 98.3 cm³/mol. The third kappa shape index (κ3) is 4.00. The van der Waals surface area contributed by atoms with Crippen LogP contribution in [0.15, 0.2) is 23.2 Å². The number of para-hydroxylation sites is 1. The fourth-order valence-electron chi connectivity index (χ4n) is 3.41. The molecule has 1 heterocycles. The summed E-state index contributed by atoms with van der Waals surface area (Å²) in [5.74, 6) is -0.338. The number of ether oxygens (including phenoxy) is 1. The average Bonchev–Trinajstić information content (AvgIpc) is 2.94. The molecular weight excluding hydrogens is 336 g/mol. The van der Waals surface area contributed by atoms with E-state index in [1.54, 1.807) is 6.92 Å². The van der Waals surface area contributed by atoms with Gasteiger partial charge in [-0.05, 0) is 38.3 Å². The van der Waals surface area contributed by atoms with Crippen molar-refractivity contribution in [2.75, 3.05) is 6.61 Å². The lowest BCUT2D eigenvalue weighted by Gasteiger charge is -2.17. The summed E-state index contributed by atoms with van der Waals surface area (Å²) in [5.41, 5.74) is 2.01. The van der Waals surface area contributed by atoms with E-state index in [0.717, 1.165) is 41.5 Å². The molecule has 0 N–H and O–H groups in total. The highest BCUT2D eigenvalue weighted by molar-refractivity contribution is 7.16. The quantitative estimate of drug-likeness (QED) is 0.783. The first kappa shape index (κ1) is 17.9. The summed E-state index contributed by atoms with van der Waals surface area (Å²) in [6.07, 6.45) is 5.24. The normalized spacial score (nSPS) is 16.3. The summed E-state index contributed by atoms with van der Waals surface area (Å²) >= 11 is 1.46. The number of rotatable bonds is 4. The summed E-state index contributed by atoms with van der Waals surface area (Å²) in [5, 5.41) is 0. The molecule has 5 nitrogen and oxygen atoms in total. The van der Waals surface area contributed by atoms with Crippen molar-refractivity contribution in [2.24, 2.45) is 10.9 Å². The minimum atomic E-state index is -0.308. The highest BCUT2D eigenvalue weighted by Crippen LogP contribution is 2.25. The minimum absolute atomic E-state index is 0.0242. The minimum Gasteiger partial charge on any atom is -0.465 e. The summed E-state index contributed by atoms with van der Waals surface area (Å²) in [6.45, 7) is 4.21. The van der Waals surface area contributed by atoms with Gasteiger partial charge in [0.25, 0.3) is 5.91 Å². The molecule has 0 bridgehead atoms. The number of carbonyl (C=O) groups excluding carboxylic acids is 2. The standard InChI is InChI=1S/C19H24N2O3S/c1-3-24-16(22)12-21-17-13(2)8-7-11-15(17)25-19(21)20-18(23)14-9-5-4-6-10-14/h7-8,11,14H,3-6,9-10,12H2,1-2H3. The molecule has 0 saturated heterocycles. The van der Waals surface area contributed by atoms with Gasteiger partial charge in [-0.2, -0.15) is 4.99 Å². The van der Waals surface area contributed by atoms with Gasteiger partial charge in [-0.1, -0.05) is 42.7 Å². The molecule has 25 heavy (non-hydrogen) atoms. The number of carbonyl (C=O) groups is 2. The lowest BCUT2D eigenvalue weighted by atomic mass is 9.89. The third-order valence-corrected chi connectivity index (χ3v) is 5.70. The molecular formula is C19H24N2O3S. The van der Waals surface area contributed by atoms with Crippen LogP contribution in [0.1, 0.15) is 44.6 Å². The van der Waals surface area contributed by atoms with Gasteiger partial charge in [0, 0.05) is 5.92 Å². The fourth-order valence-corrected chi connectivity index (χ4v) is 4.52. The zero-order valence-corrected chi connectivity index (χ0v) is 15.6. The molecule has 0 atom stereocenters. The number of aryl methyl sites for hydroxylation is 1.